The molecule has 0 aliphatic carbocycles. The second-order valence-electron chi connectivity index (χ2n) is 5.06. The lowest BCUT2D eigenvalue weighted by Crippen LogP contribution is -2.51. The van der Waals surface area contributed by atoms with Gasteiger partial charge in [0.25, 0.3) is 0 Å². The van der Waals surface area contributed by atoms with Crippen LogP contribution in [0, 0.1) is 0 Å². The molecule has 0 amide bonds. The van der Waals surface area contributed by atoms with Gasteiger partial charge in [0.2, 0.25) is 11.3 Å². The van der Waals surface area contributed by atoms with Crippen molar-refractivity contribution < 1.29 is 8.76 Å². The molecule has 1 fully saturated rings. The molecule has 106 valence electrons. The van der Waals surface area contributed by atoms with E-state index in [0.717, 1.165) is 16.5 Å². The fourth-order valence-electron chi connectivity index (χ4n) is 2.66. The van der Waals surface area contributed by atoms with Crippen molar-refractivity contribution in [3.05, 3.63) is 42.2 Å². The highest BCUT2D eigenvalue weighted by Gasteiger charge is 2.30. The first-order valence-electron chi connectivity index (χ1n) is 6.61. The number of benzene rings is 1. The summed E-state index contributed by atoms with van der Waals surface area (Å²) >= 11 is -1.94. The van der Waals surface area contributed by atoms with Crippen molar-refractivity contribution in [3.63, 3.8) is 0 Å². The van der Waals surface area contributed by atoms with Crippen molar-refractivity contribution >= 4 is 22.0 Å². The van der Waals surface area contributed by atoms with Gasteiger partial charge in [-0.3, -0.25) is 9.54 Å². The third-order valence-electron chi connectivity index (χ3n) is 3.75. The molecule has 0 saturated carbocycles. The topological polar surface area (TPSA) is 65.5 Å². The quantitative estimate of drug-likeness (QED) is 0.827. The lowest BCUT2D eigenvalue weighted by Gasteiger charge is -2.35. The average Bonchev–Trinajstić information content (AvgIpc) is 2.47. The zero-order valence-electron chi connectivity index (χ0n) is 11.2. The Labute approximate surface area is 120 Å². The maximum Gasteiger partial charge on any atom is 0.234 e. The van der Waals surface area contributed by atoms with Crippen molar-refractivity contribution in [2.45, 2.75) is 19.0 Å². The Kier molecular flexibility index (Phi) is 3.80. The molecular weight excluding hydrogens is 274 g/mol. The fraction of sp³-hybridized carbons (Fsp3) is 0.357. The molecule has 2 aromatic rings. The van der Waals surface area contributed by atoms with Gasteiger partial charge < -0.3 is 5.32 Å². The first-order chi connectivity index (χ1) is 9.66. The molecule has 1 aromatic heterocycles. The van der Waals surface area contributed by atoms with Gasteiger partial charge in [-0.25, -0.2) is 4.21 Å². The Morgan fingerprint density at radius 3 is 3.00 bits per heavy atom. The minimum atomic E-state index is -1.94. The maximum absolute atomic E-state index is 11.4. The monoisotopic (exact) mass is 291 g/mol. The van der Waals surface area contributed by atoms with E-state index in [2.05, 4.69) is 10.3 Å². The number of pyridine rings is 1. The maximum atomic E-state index is 11.4. The number of nitrogens with zero attached hydrogens (tertiary/aromatic N) is 2. The van der Waals surface area contributed by atoms with Crippen LogP contribution in [0.2, 0.25) is 0 Å². The predicted molar refractivity (Wildman–Crippen MR) is 79.4 cm³/mol. The number of piperazine rings is 1. The summed E-state index contributed by atoms with van der Waals surface area (Å²) in [5, 5.41) is 5.63. The SMILES string of the molecule is C[C@H]1CN[C@@H](c2nccc3ccccc23)CN1S(=O)O. The fourth-order valence-corrected chi connectivity index (χ4v) is 3.32. The number of fused-ring (bicyclic) bond motifs is 1. The Bertz CT molecular complexity index is 644. The molecular formula is C14H17N3O2S. The van der Waals surface area contributed by atoms with Crippen LogP contribution in [0.1, 0.15) is 18.7 Å². The summed E-state index contributed by atoms with van der Waals surface area (Å²) < 4.78 is 22.4. The molecule has 2 N–H and O–H groups in total. The van der Waals surface area contributed by atoms with E-state index in [9.17, 15) is 8.76 Å². The summed E-state index contributed by atoms with van der Waals surface area (Å²) in [6.07, 6.45) is 1.79. The molecule has 1 aromatic carbocycles. The van der Waals surface area contributed by atoms with Gasteiger partial charge in [0, 0.05) is 30.7 Å². The van der Waals surface area contributed by atoms with Crippen LogP contribution in [-0.2, 0) is 11.3 Å². The highest BCUT2D eigenvalue weighted by atomic mass is 32.2. The lowest BCUT2D eigenvalue weighted by atomic mass is 10.0. The van der Waals surface area contributed by atoms with E-state index in [4.69, 9.17) is 0 Å². The Morgan fingerprint density at radius 1 is 1.40 bits per heavy atom. The van der Waals surface area contributed by atoms with Gasteiger partial charge in [-0.05, 0) is 18.4 Å². The van der Waals surface area contributed by atoms with Crippen molar-refractivity contribution in [3.8, 4) is 0 Å². The van der Waals surface area contributed by atoms with Gasteiger partial charge in [-0.15, -0.1) is 0 Å². The van der Waals surface area contributed by atoms with Crippen molar-refractivity contribution in [1.82, 2.24) is 14.6 Å². The van der Waals surface area contributed by atoms with Gasteiger partial charge >= 0.3 is 0 Å². The summed E-state index contributed by atoms with van der Waals surface area (Å²) in [4.78, 5) is 4.48. The first kappa shape index (κ1) is 13.6. The van der Waals surface area contributed by atoms with Crippen LogP contribution in [0.3, 0.4) is 0 Å². The molecule has 1 aliphatic heterocycles. The number of rotatable bonds is 2. The number of hydrogen-bond acceptors (Lipinski definition) is 3. The van der Waals surface area contributed by atoms with Crippen LogP contribution >= 0.6 is 0 Å². The minimum Gasteiger partial charge on any atom is -0.306 e. The van der Waals surface area contributed by atoms with Crippen LogP contribution in [0.15, 0.2) is 36.5 Å². The molecule has 1 saturated heterocycles. The highest BCUT2D eigenvalue weighted by Crippen LogP contribution is 2.25. The van der Waals surface area contributed by atoms with Gasteiger partial charge in [0.05, 0.1) is 11.7 Å². The minimum absolute atomic E-state index is 0.0339. The summed E-state index contributed by atoms with van der Waals surface area (Å²) in [5.74, 6) is 0. The predicted octanol–water partition coefficient (Wildman–Crippen LogP) is 1.71. The van der Waals surface area contributed by atoms with Crippen LogP contribution < -0.4 is 5.32 Å². The molecule has 3 atom stereocenters. The van der Waals surface area contributed by atoms with Crippen molar-refractivity contribution in [2.75, 3.05) is 13.1 Å². The summed E-state index contributed by atoms with van der Waals surface area (Å²) in [6, 6.07) is 10.1. The molecule has 2 heterocycles. The summed E-state index contributed by atoms with van der Waals surface area (Å²) in [6.45, 7) is 3.08. The largest absolute Gasteiger partial charge is 0.306 e. The summed E-state index contributed by atoms with van der Waals surface area (Å²) in [5.41, 5.74) is 0.936. The van der Waals surface area contributed by atoms with E-state index in [0.29, 0.717) is 13.1 Å². The highest BCUT2D eigenvalue weighted by molar-refractivity contribution is 7.76. The van der Waals surface area contributed by atoms with E-state index in [1.165, 1.54) is 0 Å². The van der Waals surface area contributed by atoms with Crippen LogP contribution in [0.4, 0.5) is 0 Å². The standard InChI is InChI=1S/C14H17N3O2S/c1-10-8-16-13(9-17(10)20(18)19)14-12-5-3-2-4-11(12)6-7-15-14/h2-7,10,13,16H,8-9H2,1H3,(H,18,19)/t10-,13+/m0/s1. The number of hydrogen-bond donors (Lipinski definition) is 2. The molecule has 0 spiro atoms. The number of nitrogens with one attached hydrogen (secondary N) is 1. The third-order valence-corrected chi connectivity index (χ3v) is 4.66. The first-order valence-corrected chi connectivity index (χ1v) is 7.68. The number of aromatic nitrogens is 1. The van der Waals surface area contributed by atoms with Gasteiger partial charge in [0.1, 0.15) is 0 Å². The zero-order chi connectivity index (χ0) is 14.1. The van der Waals surface area contributed by atoms with E-state index in [-0.39, 0.29) is 12.1 Å². The normalized spacial score (nSPS) is 25.7. The molecule has 20 heavy (non-hydrogen) atoms. The molecule has 0 bridgehead atoms. The zero-order valence-corrected chi connectivity index (χ0v) is 12.0. The Morgan fingerprint density at radius 2 is 2.20 bits per heavy atom. The van der Waals surface area contributed by atoms with Crippen LogP contribution in [0.5, 0.6) is 0 Å². The van der Waals surface area contributed by atoms with Crippen molar-refractivity contribution in [2.24, 2.45) is 0 Å². The molecule has 6 heteroatoms. The van der Waals surface area contributed by atoms with Crippen LogP contribution in [-0.4, -0.2) is 37.2 Å². The molecule has 0 radical (unpaired) electrons. The second-order valence-corrected chi connectivity index (χ2v) is 5.99. The van der Waals surface area contributed by atoms with Crippen molar-refractivity contribution in [1.29, 1.82) is 0 Å². The average molecular weight is 291 g/mol. The van der Waals surface area contributed by atoms with Gasteiger partial charge in [0.15, 0.2) is 0 Å². The smallest absolute Gasteiger partial charge is 0.234 e. The Hall–Kier alpha value is -1.34. The van der Waals surface area contributed by atoms with Gasteiger partial charge in [-0.1, -0.05) is 24.3 Å². The van der Waals surface area contributed by atoms with E-state index in [1.807, 2.05) is 37.3 Å². The lowest BCUT2D eigenvalue weighted by molar-refractivity contribution is 0.232. The summed E-state index contributed by atoms with van der Waals surface area (Å²) in [7, 11) is 0. The molecule has 5 nitrogen and oxygen atoms in total. The molecule has 3 rings (SSSR count). The Balaban J connectivity index is 1.97. The van der Waals surface area contributed by atoms with E-state index in [1.54, 1.807) is 10.5 Å². The van der Waals surface area contributed by atoms with E-state index < -0.39 is 11.3 Å². The van der Waals surface area contributed by atoms with Gasteiger partial charge in [-0.2, -0.15) is 4.31 Å². The molecule has 1 aliphatic rings. The van der Waals surface area contributed by atoms with Crippen LogP contribution in [0.25, 0.3) is 10.8 Å². The second kappa shape index (κ2) is 5.57. The molecule has 1 unspecified atom stereocenters. The van der Waals surface area contributed by atoms with E-state index >= 15 is 0 Å². The third kappa shape index (κ3) is 2.47.